The van der Waals surface area contributed by atoms with Gasteiger partial charge < -0.3 is 14.2 Å². The highest BCUT2D eigenvalue weighted by Gasteiger charge is 2.35. The van der Waals surface area contributed by atoms with Gasteiger partial charge in [0.15, 0.2) is 34.9 Å². The standard InChI is InChI=1S/C44H34F8O11S3/c1-19-12-24(25-14-21(3)43(22(4)15-25)63-44-40(51)38(49)33(39(50)41(44)52)32-36(47)34(45)23(5)35(46)37(32)48)13-20(2)42(19)62-29-10-8-27(16-26(29)18-64(53,54)55)65(56,57)28-9-11-30(60-6)31(17-28)66(58,59)61-7/h8-17H,18H2,1-7H3,(H,53,54,55). The molecule has 0 fully saturated rings. The average molecular weight is 987 g/mol. The maximum atomic E-state index is 15.4. The molecule has 6 aromatic rings. The first kappa shape index (κ1) is 49.4. The Bertz CT molecular complexity index is 3260. The lowest BCUT2D eigenvalue weighted by molar-refractivity contribution is 0.364. The van der Waals surface area contributed by atoms with E-state index in [2.05, 4.69) is 4.18 Å². The van der Waals surface area contributed by atoms with E-state index in [1.807, 2.05) is 0 Å². The Kier molecular flexibility index (Phi) is 13.4. The summed E-state index contributed by atoms with van der Waals surface area (Å²) in [7, 11) is -11.8. The molecule has 11 nitrogen and oxygen atoms in total. The van der Waals surface area contributed by atoms with Gasteiger partial charge in [-0.05, 0) is 129 Å². The molecule has 0 heterocycles. The maximum absolute atomic E-state index is 15.4. The van der Waals surface area contributed by atoms with Crippen molar-refractivity contribution in [3.8, 4) is 51.0 Å². The van der Waals surface area contributed by atoms with Crippen LogP contribution in [0, 0.1) is 81.2 Å². The highest BCUT2D eigenvalue weighted by Crippen LogP contribution is 2.44. The number of sulfone groups is 1. The maximum Gasteiger partial charge on any atom is 0.300 e. The van der Waals surface area contributed by atoms with Gasteiger partial charge in [0.25, 0.3) is 20.2 Å². The van der Waals surface area contributed by atoms with Crippen LogP contribution in [0.2, 0.25) is 0 Å². The van der Waals surface area contributed by atoms with Crippen molar-refractivity contribution in [3.63, 3.8) is 0 Å². The normalized spacial score (nSPS) is 12.1. The Morgan fingerprint density at radius 1 is 0.500 bits per heavy atom. The molecule has 0 aliphatic heterocycles. The van der Waals surface area contributed by atoms with E-state index in [1.54, 1.807) is 26.0 Å². The lowest BCUT2D eigenvalue weighted by Crippen LogP contribution is -2.10. The van der Waals surface area contributed by atoms with Crippen LogP contribution in [0.15, 0.2) is 75.4 Å². The molecule has 0 atom stereocenters. The predicted octanol–water partition coefficient (Wildman–Crippen LogP) is 10.8. The molecule has 1 N–H and O–H groups in total. The lowest BCUT2D eigenvalue weighted by Gasteiger charge is -2.19. The third kappa shape index (κ3) is 9.06. The molecule has 66 heavy (non-hydrogen) atoms. The van der Waals surface area contributed by atoms with Crippen molar-refractivity contribution in [2.45, 2.75) is 55.1 Å². The van der Waals surface area contributed by atoms with Crippen LogP contribution in [-0.2, 0) is 40.0 Å². The number of hydrogen-bond acceptors (Lipinski definition) is 10. The van der Waals surface area contributed by atoms with E-state index >= 15 is 17.6 Å². The molecule has 6 rings (SSSR count). The van der Waals surface area contributed by atoms with Crippen LogP contribution in [0.4, 0.5) is 35.1 Å². The summed E-state index contributed by atoms with van der Waals surface area (Å²) in [4.78, 5) is -1.63. The minimum atomic E-state index is -4.81. The molecule has 6 aromatic carbocycles. The molecular formula is C44H34F8O11S3. The summed E-state index contributed by atoms with van der Waals surface area (Å²) >= 11 is 0. The zero-order valence-corrected chi connectivity index (χ0v) is 37.7. The smallest absolute Gasteiger partial charge is 0.300 e. The Labute approximate surface area is 373 Å². The zero-order chi connectivity index (χ0) is 49.1. The highest BCUT2D eigenvalue weighted by atomic mass is 32.2. The van der Waals surface area contributed by atoms with E-state index in [-0.39, 0.29) is 39.7 Å². The Morgan fingerprint density at radius 2 is 0.909 bits per heavy atom. The van der Waals surface area contributed by atoms with Crippen LogP contribution in [0.3, 0.4) is 0 Å². The van der Waals surface area contributed by atoms with Gasteiger partial charge in [0, 0.05) is 11.1 Å². The highest BCUT2D eigenvalue weighted by molar-refractivity contribution is 7.91. The minimum absolute atomic E-state index is 0.153. The van der Waals surface area contributed by atoms with E-state index in [0.29, 0.717) is 29.2 Å². The van der Waals surface area contributed by atoms with E-state index in [0.717, 1.165) is 50.6 Å². The van der Waals surface area contributed by atoms with Crippen LogP contribution in [0.5, 0.6) is 28.7 Å². The molecule has 0 aliphatic carbocycles. The van der Waals surface area contributed by atoms with Gasteiger partial charge in [0.2, 0.25) is 27.2 Å². The van der Waals surface area contributed by atoms with Crippen molar-refractivity contribution in [2.75, 3.05) is 14.2 Å². The summed E-state index contributed by atoms with van der Waals surface area (Å²) < 4.78 is 227. The first-order valence-corrected chi connectivity index (χ1v) is 23.2. The number of halogens is 8. The van der Waals surface area contributed by atoms with Gasteiger partial charge in [-0.25, -0.2) is 34.8 Å². The monoisotopic (exact) mass is 986 g/mol. The topological polar surface area (TPSA) is 160 Å². The molecule has 0 aliphatic rings. The number of hydrogen-bond donors (Lipinski definition) is 1. The van der Waals surface area contributed by atoms with E-state index in [4.69, 9.17) is 14.2 Å². The van der Waals surface area contributed by atoms with Crippen molar-refractivity contribution in [3.05, 3.63) is 141 Å². The van der Waals surface area contributed by atoms with Crippen molar-refractivity contribution in [1.82, 2.24) is 0 Å². The molecule has 0 saturated carbocycles. The largest absolute Gasteiger partial charge is 0.495 e. The molecule has 0 radical (unpaired) electrons. The van der Waals surface area contributed by atoms with Crippen LogP contribution >= 0.6 is 0 Å². The van der Waals surface area contributed by atoms with Crippen molar-refractivity contribution >= 4 is 30.1 Å². The molecule has 0 unspecified atom stereocenters. The second kappa shape index (κ2) is 18.0. The fourth-order valence-corrected chi connectivity index (χ4v) is 9.91. The van der Waals surface area contributed by atoms with Gasteiger partial charge in [-0.15, -0.1) is 0 Å². The number of methoxy groups -OCH3 is 1. The van der Waals surface area contributed by atoms with Gasteiger partial charge in [-0.2, -0.15) is 25.6 Å². The molecule has 350 valence electrons. The summed E-state index contributed by atoms with van der Waals surface area (Å²) in [6.07, 6.45) is 0. The van der Waals surface area contributed by atoms with Crippen molar-refractivity contribution in [2.24, 2.45) is 0 Å². The quantitative estimate of drug-likeness (QED) is 0.0508. The second-order valence-electron chi connectivity index (χ2n) is 14.7. The lowest BCUT2D eigenvalue weighted by atomic mass is 9.96. The summed E-state index contributed by atoms with van der Waals surface area (Å²) in [5, 5.41) is 0. The average Bonchev–Trinajstić information content (AvgIpc) is 3.25. The molecule has 0 saturated heterocycles. The number of benzene rings is 6. The number of aryl methyl sites for hydroxylation is 4. The Morgan fingerprint density at radius 3 is 1.33 bits per heavy atom. The van der Waals surface area contributed by atoms with Gasteiger partial charge in [-0.3, -0.25) is 8.74 Å². The molecule has 0 aromatic heterocycles. The fourth-order valence-electron chi connectivity index (χ4n) is 7.03. The van der Waals surface area contributed by atoms with Gasteiger partial charge in [-0.1, -0.05) is 0 Å². The van der Waals surface area contributed by atoms with Crippen LogP contribution in [-0.4, -0.2) is 44.0 Å². The van der Waals surface area contributed by atoms with Crippen LogP contribution in [0.25, 0.3) is 22.3 Å². The Hall–Kier alpha value is -6.07. The molecule has 0 bridgehead atoms. The van der Waals surface area contributed by atoms with Gasteiger partial charge >= 0.3 is 0 Å². The van der Waals surface area contributed by atoms with E-state index in [1.165, 1.54) is 26.0 Å². The summed E-state index contributed by atoms with van der Waals surface area (Å²) in [6, 6.07) is 12.3. The van der Waals surface area contributed by atoms with Crippen molar-refractivity contribution < 1.29 is 83.3 Å². The fraction of sp³-hybridized carbons (Fsp3) is 0.182. The summed E-state index contributed by atoms with van der Waals surface area (Å²) in [6.45, 7) is 6.68. The SMILES string of the molecule is COc1ccc(S(=O)(=O)c2ccc(Oc3c(C)cc(-c4cc(C)c(Oc5c(F)c(F)c(-c6c(F)c(F)c(C)c(F)c6F)c(F)c5F)c(C)c4)cc3C)c(CS(=O)(=O)O)c2)cc1S(=O)(=O)OC. The van der Waals surface area contributed by atoms with Crippen LogP contribution < -0.4 is 14.2 Å². The number of rotatable bonds is 13. The molecule has 0 spiro atoms. The summed E-state index contributed by atoms with van der Waals surface area (Å²) in [5.41, 5.74) is -3.42. The first-order chi connectivity index (χ1) is 30.6. The van der Waals surface area contributed by atoms with Crippen LogP contribution in [0.1, 0.15) is 33.4 Å². The zero-order valence-electron chi connectivity index (χ0n) is 35.3. The molecule has 0 amide bonds. The third-order valence-corrected chi connectivity index (χ3v) is 14.0. The Balaban J connectivity index is 1.34. The predicted molar refractivity (Wildman–Crippen MR) is 222 cm³/mol. The van der Waals surface area contributed by atoms with Crippen molar-refractivity contribution in [1.29, 1.82) is 0 Å². The molecule has 22 heteroatoms. The molecular weight excluding hydrogens is 953 g/mol. The van der Waals surface area contributed by atoms with Gasteiger partial charge in [0.1, 0.15) is 33.6 Å². The van der Waals surface area contributed by atoms with E-state index in [9.17, 15) is 47.4 Å². The third-order valence-electron chi connectivity index (χ3n) is 10.2. The summed E-state index contributed by atoms with van der Waals surface area (Å²) in [5.74, 6) is -21.3. The van der Waals surface area contributed by atoms with Gasteiger partial charge in [0.05, 0.1) is 35.1 Å². The second-order valence-corrected chi connectivity index (χ2v) is 19.8. The minimum Gasteiger partial charge on any atom is -0.495 e. The first-order valence-electron chi connectivity index (χ1n) is 18.7. The number of ether oxygens (including phenoxy) is 3. The van der Waals surface area contributed by atoms with E-state index < -0.39 is 119 Å².